The fraction of sp³-hybridized carbons (Fsp3) is 0.320. The Morgan fingerprint density at radius 2 is 1.32 bits per heavy atom. The van der Waals surface area contributed by atoms with Crippen LogP contribution in [0.25, 0.3) is 0 Å². The Morgan fingerprint density at radius 3 is 1.75 bits per heavy atom. The first-order valence-corrected chi connectivity index (χ1v) is 11.1. The highest BCUT2D eigenvalue weighted by molar-refractivity contribution is 7.32. The molecule has 0 saturated carbocycles. The van der Waals surface area contributed by atoms with Crippen LogP contribution in [0.3, 0.4) is 0 Å². The van der Waals surface area contributed by atoms with Crippen LogP contribution in [-0.2, 0) is 13.1 Å². The number of rotatable bonds is 7. The largest absolute Gasteiger partial charge is 0.330 e. The quantitative estimate of drug-likeness (QED) is 0.433. The van der Waals surface area contributed by atoms with E-state index in [9.17, 15) is 4.79 Å². The van der Waals surface area contributed by atoms with Crippen LogP contribution in [-0.4, -0.2) is 10.8 Å². The Hall–Kier alpha value is -2.31. The zero-order valence-corrected chi connectivity index (χ0v) is 18.3. The minimum Gasteiger partial charge on any atom is -0.330 e. The highest BCUT2D eigenvalue weighted by atomic mass is 31.0. The number of benzene rings is 2. The predicted octanol–water partition coefficient (Wildman–Crippen LogP) is 6.81. The summed E-state index contributed by atoms with van der Waals surface area (Å²) in [6.45, 7) is 10.1. The third-order valence-corrected chi connectivity index (χ3v) is 6.31. The molecular formula is C25H30NOP. The molecule has 0 aliphatic rings. The molecule has 0 spiro atoms. The topological polar surface area (TPSA) is 20.3 Å². The third kappa shape index (κ3) is 4.75. The van der Waals surface area contributed by atoms with Gasteiger partial charge in [0, 0.05) is 13.1 Å². The van der Waals surface area contributed by atoms with Gasteiger partial charge in [-0.3, -0.25) is 4.79 Å². The predicted molar refractivity (Wildman–Crippen MR) is 121 cm³/mol. The van der Waals surface area contributed by atoms with Crippen LogP contribution >= 0.6 is 8.19 Å². The third-order valence-electron chi connectivity index (χ3n) is 5.09. The van der Waals surface area contributed by atoms with Crippen LogP contribution < -0.4 is 0 Å². The van der Waals surface area contributed by atoms with Crippen molar-refractivity contribution >= 4 is 14.1 Å². The number of nitrogens with zero attached hydrogens (tertiary/aromatic N) is 1. The van der Waals surface area contributed by atoms with Crippen molar-refractivity contribution in [1.82, 2.24) is 4.90 Å². The van der Waals surface area contributed by atoms with E-state index in [0.29, 0.717) is 33.1 Å². The van der Waals surface area contributed by atoms with Crippen molar-refractivity contribution in [2.75, 3.05) is 0 Å². The maximum absolute atomic E-state index is 13.7. The molecular weight excluding hydrogens is 361 g/mol. The highest BCUT2D eigenvalue weighted by Gasteiger charge is 2.25. The van der Waals surface area contributed by atoms with Gasteiger partial charge in [-0.25, -0.2) is 0 Å². The van der Waals surface area contributed by atoms with E-state index in [1.54, 1.807) is 0 Å². The Bertz CT molecular complexity index is 855. The Labute approximate surface area is 170 Å². The maximum atomic E-state index is 13.7. The van der Waals surface area contributed by atoms with Crippen LogP contribution in [0.2, 0.25) is 0 Å². The minimum atomic E-state index is 0.182. The van der Waals surface area contributed by atoms with Crippen molar-refractivity contribution in [1.29, 1.82) is 0 Å². The van der Waals surface area contributed by atoms with E-state index in [-0.39, 0.29) is 5.91 Å². The van der Waals surface area contributed by atoms with E-state index in [1.807, 2.05) is 41.3 Å². The van der Waals surface area contributed by atoms with Gasteiger partial charge < -0.3 is 4.90 Å². The summed E-state index contributed by atoms with van der Waals surface area (Å²) in [5.41, 5.74) is 4.95. The maximum Gasteiger partial charge on any atom is 0.258 e. The van der Waals surface area contributed by atoms with Crippen molar-refractivity contribution in [2.45, 2.75) is 52.6 Å². The second-order valence-electron chi connectivity index (χ2n) is 7.97. The lowest BCUT2D eigenvalue weighted by atomic mass is 9.92. The van der Waals surface area contributed by atoms with Crippen LogP contribution in [0.4, 0.5) is 0 Å². The molecule has 3 aromatic rings. The van der Waals surface area contributed by atoms with Crippen LogP contribution in [0.1, 0.15) is 71.9 Å². The first-order valence-electron chi connectivity index (χ1n) is 10.1. The standard InChI is InChI=1S/C25H30NOP/c1-18(2)22-17-28-24(23(22)19(3)4)25(27)26(15-20-11-7-5-8-12-20)16-21-13-9-6-10-14-21/h5-14,17-19,28H,15-16H2,1-4H3. The van der Waals surface area contributed by atoms with Gasteiger partial charge in [-0.1, -0.05) is 88.4 Å². The molecule has 0 aliphatic heterocycles. The van der Waals surface area contributed by atoms with E-state index in [0.717, 1.165) is 16.4 Å². The molecule has 1 atom stereocenters. The fourth-order valence-electron chi connectivity index (χ4n) is 3.69. The zero-order chi connectivity index (χ0) is 20.1. The second kappa shape index (κ2) is 9.26. The normalized spacial score (nSPS) is 11.5. The van der Waals surface area contributed by atoms with E-state index in [2.05, 4.69) is 57.8 Å². The molecule has 1 aromatic heterocycles. The monoisotopic (exact) mass is 391 g/mol. The number of amides is 1. The van der Waals surface area contributed by atoms with Crippen LogP contribution in [0.15, 0.2) is 66.5 Å². The summed E-state index contributed by atoms with van der Waals surface area (Å²) in [4.78, 5) is 15.7. The van der Waals surface area contributed by atoms with Gasteiger partial charge in [-0.15, -0.1) is 8.19 Å². The van der Waals surface area contributed by atoms with Gasteiger partial charge in [0.15, 0.2) is 0 Å². The Morgan fingerprint density at radius 1 is 0.821 bits per heavy atom. The Kier molecular flexibility index (Phi) is 6.75. The average Bonchev–Trinajstić information content (AvgIpc) is 3.14. The summed E-state index contributed by atoms with van der Waals surface area (Å²) in [7, 11) is 0.467. The molecule has 0 fully saturated rings. The van der Waals surface area contributed by atoms with Gasteiger partial charge in [-0.2, -0.15) is 0 Å². The molecule has 2 aromatic carbocycles. The molecule has 146 valence electrons. The molecule has 0 saturated heterocycles. The van der Waals surface area contributed by atoms with Gasteiger partial charge >= 0.3 is 0 Å². The SMILES string of the molecule is CC(C)c1c[pH]c(C(=O)N(Cc2ccccc2)Cc2ccccc2)c1C(C)C. The highest BCUT2D eigenvalue weighted by Crippen LogP contribution is 2.37. The fourth-order valence-corrected chi connectivity index (χ4v) is 5.35. The molecule has 3 rings (SSSR count). The van der Waals surface area contributed by atoms with Gasteiger partial charge in [-0.05, 0) is 39.9 Å². The number of carbonyl (C=O) groups excluding carboxylic acids is 1. The summed E-state index contributed by atoms with van der Waals surface area (Å²) >= 11 is 0. The van der Waals surface area contributed by atoms with E-state index >= 15 is 0 Å². The molecule has 1 amide bonds. The van der Waals surface area contributed by atoms with E-state index in [4.69, 9.17) is 0 Å². The van der Waals surface area contributed by atoms with Crippen LogP contribution in [0, 0.1) is 0 Å². The summed E-state index contributed by atoms with van der Waals surface area (Å²) < 4.78 is 0. The first kappa shape index (κ1) is 20.4. The van der Waals surface area contributed by atoms with E-state index < -0.39 is 0 Å². The summed E-state index contributed by atoms with van der Waals surface area (Å²) in [6.07, 6.45) is 0. The number of hydrogen-bond acceptors (Lipinski definition) is 1. The molecule has 28 heavy (non-hydrogen) atoms. The molecule has 0 N–H and O–H groups in total. The lowest BCUT2D eigenvalue weighted by Gasteiger charge is -2.24. The molecule has 1 heterocycles. The number of hydrogen-bond donors (Lipinski definition) is 0. The summed E-state index contributed by atoms with van der Waals surface area (Å²) in [5, 5.41) is 1.01. The summed E-state index contributed by atoms with van der Waals surface area (Å²) in [6, 6.07) is 20.6. The van der Waals surface area contributed by atoms with Gasteiger partial charge in [0.05, 0.1) is 5.30 Å². The molecule has 0 aliphatic carbocycles. The van der Waals surface area contributed by atoms with Crippen molar-refractivity contribution < 1.29 is 4.79 Å². The number of carbonyl (C=O) groups is 1. The lowest BCUT2D eigenvalue weighted by Crippen LogP contribution is -2.30. The summed E-state index contributed by atoms with van der Waals surface area (Å²) in [5.74, 6) is 3.28. The molecule has 2 nitrogen and oxygen atoms in total. The van der Waals surface area contributed by atoms with Gasteiger partial charge in [0.25, 0.3) is 5.91 Å². The molecule has 0 bridgehead atoms. The Balaban J connectivity index is 1.96. The van der Waals surface area contributed by atoms with E-state index in [1.165, 1.54) is 11.1 Å². The van der Waals surface area contributed by atoms with Gasteiger partial charge in [0.2, 0.25) is 0 Å². The van der Waals surface area contributed by atoms with Crippen molar-refractivity contribution in [3.8, 4) is 0 Å². The van der Waals surface area contributed by atoms with Crippen molar-refractivity contribution in [2.24, 2.45) is 0 Å². The molecule has 3 heteroatoms. The zero-order valence-electron chi connectivity index (χ0n) is 17.3. The average molecular weight is 391 g/mol. The van der Waals surface area contributed by atoms with Crippen LogP contribution in [0.5, 0.6) is 0 Å². The van der Waals surface area contributed by atoms with Gasteiger partial charge in [0.1, 0.15) is 0 Å². The van der Waals surface area contributed by atoms with Crippen molar-refractivity contribution in [3.63, 3.8) is 0 Å². The van der Waals surface area contributed by atoms with Crippen molar-refractivity contribution in [3.05, 3.63) is 94.0 Å². The minimum absolute atomic E-state index is 0.182. The lowest BCUT2D eigenvalue weighted by molar-refractivity contribution is 0.0733. The molecule has 0 radical (unpaired) electrons. The molecule has 1 unspecified atom stereocenters. The smallest absolute Gasteiger partial charge is 0.258 e. The second-order valence-corrected chi connectivity index (χ2v) is 9.05. The first-order chi connectivity index (χ1) is 13.5.